The van der Waals surface area contributed by atoms with Gasteiger partial charge in [0, 0.05) is 31.5 Å². The molecule has 1 aromatic carbocycles. The van der Waals surface area contributed by atoms with Gasteiger partial charge in [0.1, 0.15) is 0 Å². The van der Waals surface area contributed by atoms with E-state index in [1.165, 1.54) is 12.8 Å². The van der Waals surface area contributed by atoms with Crippen LogP contribution in [0.25, 0.3) is 0 Å². The van der Waals surface area contributed by atoms with E-state index in [4.69, 9.17) is 5.26 Å². The van der Waals surface area contributed by atoms with Crippen molar-refractivity contribution in [2.45, 2.75) is 26.2 Å². The van der Waals surface area contributed by atoms with E-state index in [1.807, 2.05) is 13.1 Å². The van der Waals surface area contributed by atoms with Crippen LogP contribution in [0.2, 0.25) is 0 Å². The highest BCUT2D eigenvalue weighted by atomic mass is 15.1. The van der Waals surface area contributed by atoms with Crippen LogP contribution < -0.4 is 10.2 Å². The van der Waals surface area contributed by atoms with Gasteiger partial charge in [-0.05, 0) is 24.6 Å². The molecule has 17 heavy (non-hydrogen) atoms. The number of hydrogen-bond acceptors (Lipinski definition) is 3. The maximum absolute atomic E-state index is 8.57. The Hall–Kier alpha value is -1.69. The highest BCUT2D eigenvalue weighted by Gasteiger charge is 2.01. The Morgan fingerprint density at radius 2 is 2.24 bits per heavy atom. The third kappa shape index (κ3) is 4.78. The number of nitriles is 1. The fraction of sp³-hybridized carbons (Fsp3) is 0.500. The van der Waals surface area contributed by atoms with Crippen molar-refractivity contribution in [1.82, 2.24) is 0 Å². The van der Waals surface area contributed by atoms with E-state index in [9.17, 15) is 0 Å². The highest BCUT2D eigenvalue weighted by Crippen LogP contribution is 2.18. The second kappa shape index (κ2) is 7.56. The highest BCUT2D eigenvalue weighted by molar-refractivity contribution is 5.57. The molecule has 0 aliphatic carbocycles. The molecule has 0 saturated heterocycles. The molecule has 0 saturated carbocycles. The van der Waals surface area contributed by atoms with Crippen LogP contribution in [0, 0.1) is 11.3 Å². The molecule has 0 atom stereocenters. The van der Waals surface area contributed by atoms with E-state index in [0.717, 1.165) is 24.5 Å². The third-order valence-electron chi connectivity index (χ3n) is 2.71. The summed E-state index contributed by atoms with van der Waals surface area (Å²) in [5.41, 5.74) is 2.31. The van der Waals surface area contributed by atoms with Gasteiger partial charge in [-0.1, -0.05) is 19.4 Å². The Bertz CT molecular complexity index is 368. The lowest BCUT2D eigenvalue weighted by Crippen LogP contribution is -2.18. The minimum Gasteiger partial charge on any atom is -0.385 e. The summed E-state index contributed by atoms with van der Waals surface area (Å²) in [5.74, 6) is 0. The molecule has 1 N–H and O–H groups in total. The number of anilines is 2. The molecule has 0 spiro atoms. The number of rotatable bonds is 7. The summed E-state index contributed by atoms with van der Waals surface area (Å²) >= 11 is 0. The van der Waals surface area contributed by atoms with Crippen molar-refractivity contribution in [3.05, 3.63) is 24.3 Å². The number of hydrogen-bond donors (Lipinski definition) is 1. The van der Waals surface area contributed by atoms with E-state index in [1.54, 1.807) is 0 Å². The van der Waals surface area contributed by atoms with Crippen molar-refractivity contribution < 1.29 is 0 Å². The van der Waals surface area contributed by atoms with Crippen LogP contribution in [0.15, 0.2) is 24.3 Å². The van der Waals surface area contributed by atoms with Crippen molar-refractivity contribution in [3.63, 3.8) is 0 Å². The summed E-state index contributed by atoms with van der Waals surface area (Å²) in [4.78, 5) is 2.11. The number of benzene rings is 1. The second-order valence-corrected chi connectivity index (χ2v) is 4.16. The van der Waals surface area contributed by atoms with Crippen LogP contribution in [0.1, 0.15) is 26.2 Å². The van der Waals surface area contributed by atoms with E-state index in [-0.39, 0.29) is 0 Å². The van der Waals surface area contributed by atoms with Crippen LogP contribution in [0.4, 0.5) is 11.4 Å². The van der Waals surface area contributed by atoms with Crippen molar-refractivity contribution in [1.29, 1.82) is 5.26 Å². The van der Waals surface area contributed by atoms with Gasteiger partial charge in [0.15, 0.2) is 0 Å². The zero-order chi connectivity index (χ0) is 12.5. The lowest BCUT2D eigenvalue weighted by atomic mass is 10.2. The first-order chi connectivity index (χ1) is 8.27. The first-order valence-corrected chi connectivity index (χ1v) is 6.20. The van der Waals surface area contributed by atoms with Gasteiger partial charge in [-0.2, -0.15) is 5.26 Å². The number of nitrogens with zero attached hydrogens (tertiary/aromatic N) is 2. The van der Waals surface area contributed by atoms with Crippen molar-refractivity contribution in [2.24, 2.45) is 0 Å². The van der Waals surface area contributed by atoms with Gasteiger partial charge in [-0.15, -0.1) is 0 Å². The lowest BCUT2D eigenvalue weighted by molar-refractivity contribution is 0.834. The Morgan fingerprint density at radius 3 is 2.94 bits per heavy atom. The standard InChI is InChI=1S/C14H21N3/c1-3-4-10-16-13-7-5-8-14(12-13)17(2)11-6-9-15/h5,7-8,12,16H,3-4,6,10-11H2,1-2H3. The Balaban J connectivity index is 2.55. The van der Waals surface area contributed by atoms with E-state index in [2.05, 4.69) is 41.4 Å². The normalized spacial score (nSPS) is 9.71. The summed E-state index contributed by atoms with van der Waals surface area (Å²) in [5, 5.41) is 12.0. The molecule has 0 heterocycles. The summed E-state index contributed by atoms with van der Waals surface area (Å²) in [6, 6.07) is 10.5. The lowest BCUT2D eigenvalue weighted by Gasteiger charge is -2.18. The van der Waals surface area contributed by atoms with Crippen molar-refractivity contribution in [3.8, 4) is 6.07 Å². The predicted molar refractivity (Wildman–Crippen MR) is 73.3 cm³/mol. The maximum atomic E-state index is 8.57. The number of unbranched alkanes of at least 4 members (excludes halogenated alkanes) is 1. The van der Waals surface area contributed by atoms with Crippen LogP contribution in [-0.2, 0) is 0 Å². The minimum absolute atomic E-state index is 0.560. The largest absolute Gasteiger partial charge is 0.385 e. The van der Waals surface area contributed by atoms with Gasteiger partial charge in [0.2, 0.25) is 0 Å². The van der Waals surface area contributed by atoms with Gasteiger partial charge >= 0.3 is 0 Å². The fourth-order valence-electron chi connectivity index (χ4n) is 1.61. The van der Waals surface area contributed by atoms with E-state index < -0.39 is 0 Å². The van der Waals surface area contributed by atoms with Gasteiger partial charge in [0.25, 0.3) is 0 Å². The van der Waals surface area contributed by atoms with Crippen LogP contribution >= 0.6 is 0 Å². The molecule has 3 heteroatoms. The quantitative estimate of drug-likeness (QED) is 0.732. The molecule has 92 valence electrons. The van der Waals surface area contributed by atoms with E-state index in [0.29, 0.717) is 6.42 Å². The molecule has 0 fully saturated rings. The first kappa shape index (κ1) is 13.4. The first-order valence-electron chi connectivity index (χ1n) is 6.20. The summed E-state index contributed by atoms with van der Waals surface area (Å²) in [7, 11) is 2.02. The van der Waals surface area contributed by atoms with Crippen molar-refractivity contribution in [2.75, 3.05) is 30.4 Å². The molecular weight excluding hydrogens is 210 g/mol. The van der Waals surface area contributed by atoms with Crippen LogP contribution in [0.5, 0.6) is 0 Å². The zero-order valence-electron chi connectivity index (χ0n) is 10.7. The Kier molecular flexibility index (Phi) is 5.95. The average Bonchev–Trinajstić information content (AvgIpc) is 2.36. The Labute approximate surface area is 104 Å². The van der Waals surface area contributed by atoms with Gasteiger partial charge in [0.05, 0.1) is 12.5 Å². The molecule has 0 bridgehead atoms. The molecule has 0 aliphatic rings. The van der Waals surface area contributed by atoms with Gasteiger partial charge in [-0.25, -0.2) is 0 Å². The maximum Gasteiger partial charge on any atom is 0.0640 e. The van der Waals surface area contributed by atoms with Crippen LogP contribution in [0.3, 0.4) is 0 Å². The van der Waals surface area contributed by atoms with Crippen molar-refractivity contribution >= 4 is 11.4 Å². The fourth-order valence-corrected chi connectivity index (χ4v) is 1.61. The molecule has 0 radical (unpaired) electrons. The predicted octanol–water partition coefficient (Wildman–Crippen LogP) is 3.25. The van der Waals surface area contributed by atoms with Gasteiger partial charge in [-0.3, -0.25) is 0 Å². The SMILES string of the molecule is CCCCNc1cccc(N(C)CCC#N)c1. The molecule has 0 aliphatic heterocycles. The average molecular weight is 231 g/mol. The number of nitrogens with one attached hydrogen (secondary N) is 1. The third-order valence-corrected chi connectivity index (χ3v) is 2.71. The molecule has 0 aromatic heterocycles. The van der Waals surface area contributed by atoms with E-state index >= 15 is 0 Å². The topological polar surface area (TPSA) is 39.1 Å². The minimum atomic E-state index is 0.560. The summed E-state index contributed by atoms with van der Waals surface area (Å²) in [6.07, 6.45) is 2.95. The smallest absolute Gasteiger partial charge is 0.0640 e. The molecular formula is C14H21N3. The van der Waals surface area contributed by atoms with Crippen LogP contribution in [-0.4, -0.2) is 20.1 Å². The second-order valence-electron chi connectivity index (χ2n) is 4.16. The Morgan fingerprint density at radius 1 is 1.41 bits per heavy atom. The molecule has 1 aromatic rings. The molecule has 0 unspecified atom stereocenters. The van der Waals surface area contributed by atoms with Gasteiger partial charge < -0.3 is 10.2 Å². The molecule has 3 nitrogen and oxygen atoms in total. The monoisotopic (exact) mass is 231 g/mol. The summed E-state index contributed by atoms with van der Waals surface area (Å²) < 4.78 is 0. The molecule has 0 amide bonds. The summed E-state index contributed by atoms with van der Waals surface area (Å²) in [6.45, 7) is 3.98. The zero-order valence-corrected chi connectivity index (χ0v) is 10.7. The molecule has 1 rings (SSSR count).